The Morgan fingerprint density at radius 1 is 1.36 bits per heavy atom. The molecule has 6 heteroatoms. The van der Waals surface area contributed by atoms with Crippen molar-refractivity contribution in [2.75, 3.05) is 0 Å². The number of benzene rings is 1. The van der Waals surface area contributed by atoms with Gasteiger partial charge in [0.15, 0.2) is 0 Å². The number of nitrogens with zero attached hydrogens (tertiary/aromatic N) is 1. The van der Waals surface area contributed by atoms with Crippen molar-refractivity contribution in [3.63, 3.8) is 0 Å². The molecule has 0 aliphatic carbocycles. The molecule has 0 bridgehead atoms. The van der Waals surface area contributed by atoms with Crippen LogP contribution in [-0.2, 0) is 16.5 Å². The molecule has 0 amide bonds. The zero-order valence-corrected chi connectivity index (χ0v) is 11.9. The fourth-order valence-electron chi connectivity index (χ4n) is 0.662. The van der Waals surface area contributed by atoms with E-state index in [9.17, 15) is 0 Å². The zero-order valence-electron chi connectivity index (χ0n) is 7.34. The van der Waals surface area contributed by atoms with Gasteiger partial charge in [-0.2, -0.15) is 5.26 Å². The predicted octanol–water partition coefficient (Wildman–Crippen LogP) is 4.06. The molecule has 0 fully saturated rings. The van der Waals surface area contributed by atoms with E-state index in [2.05, 4.69) is 0 Å². The van der Waals surface area contributed by atoms with Crippen LogP contribution in [-0.4, -0.2) is 0 Å². The van der Waals surface area contributed by atoms with Crippen LogP contribution in [0.15, 0.2) is 18.2 Å². The van der Waals surface area contributed by atoms with Gasteiger partial charge in [-0.05, 0) is 24.6 Å². The maximum absolute atomic E-state index is 8.44. The van der Waals surface area contributed by atoms with Crippen molar-refractivity contribution < 1.29 is 16.5 Å². The molecule has 82 valence electrons. The molecule has 1 rings (SSSR count). The Hall–Kier alpha value is 0.228. The number of rotatable bonds is 0. The molecule has 0 heterocycles. The molecule has 1 aromatic carbocycles. The quantitative estimate of drug-likeness (QED) is 0.669. The van der Waals surface area contributed by atoms with Crippen LogP contribution < -0.4 is 6.15 Å². The molecule has 0 saturated heterocycles. The van der Waals surface area contributed by atoms with Gasteiger partial charge in [0.2, 0.25) is 0 Å². The second kappa shape index (κ2) is 9.77. The van der Waals surface area contributed by atoms with Crippen LogP contribution in [0.2, 0.25) is 5.02 Å². The summed E-state index contributed by atoms with van der Waals surface area (Å²) in [6, 6.07) is 7.26. The SMILES string of the molecule is Cc1ccc(C#N)cc1Cl.N.[Cl][Pt][Cl]. The third-order valence-corrected chi connectivity index (χ3v) is 1.71. The van der Waals surface area contributed by atoms with Gasteiger partial charge >= 0.3 is 35.3 Å². The van der Waals surface area contributed by atoms with Crippen LogP contribution in [0.25, 0.3) is 0 Å². The van der Waals surface area contributed by atoms with Gasteiger partial charge in [0.25, 0.3) is 0 Å². The standard InChI is InChI=1S/C8H6ClN.2ClH.H3N.Pt/c1-6-2-3-7(5-10)4-8(6)9;;;;/h2-4H,1H3;2*1H;1H3;/q;;;;+2/p-2. The van der Waals surface area contributed by atoms with E-state index in [1.165, 1.54) is 0 Å². The van der Waals surface area contributed by atoms with E-state index < -0.39 is 16.5 Å². The molecule has 0 saturated carbocycles. The third kappa shape index (κ3) is 6.65. The Morgan fingerprint density at radius 2 is 1.86 bits per heavy atom. The topological polar surface area (TPSA) is 58.8 Å². The average molecular weight is 435 g/mol. The normalized spacial score (nSPS) is 7.93. The van der Waals surface area contributed by atoms with Gasteiger partial charge in [-0.15, -0.1) is 0 Å². The van der Waals surface area contributed by atoms with E-state index in [-0.39, 0.29) is 6.15 Å². The molecule has 0 spiro atoms. The van der Waals surface area contributed by atoms with Gasteiger partial charge < -0.3 is 6.15 Å². The molecule has 3 N–H and O–H groups in total. The van der Waals surface area contributed by atoms with Crippen molar-refractivity contribution in [3.05, 3.63) is 34.3 Å². The Kier molecular flexibility index (Phi) is 11.6. The average Bonchev–Trinajstić information content (AvgIpc) is 2.11. The Balaban J connectivity index is 0. The molecule has 1 aromatic rings. The van der Waals surface area contributed by atoms with E-state index in [1.54, 1.807) is 12.1 Å². The fourth-order valence-corrected chi connectivity index (χ4v) is 0.843. The summed E-state index contributed by atoms with van der Waals surface area (Å²) in [5, 5.41) is 9.10. The second-order valence-corrected chi connectivity index (χ2v) is 5.81. The molecule has 0 radical (unpaired) electrons. The first kappa shape index (κ1) is 16.7. The number of nitriles is 1. The minimum absolute atomic E-state index is 0. The van der Waals surface area contributed by atoms with Gasteiger partial charge in [-0.25, -0.2) is 0 Å². The molecule has 14 heavy (non-hydrogen) atoms. The molecule has 0 unspecified atom stereocenters. The summed E-state index contributed by atoms with van der Waals surface area (Å²) in [4.78, 5) is 0. The molecule has 2 nitrogen and oxygen atoms in total. The van der Waals surface area contributed by atoms with Crippen molar-refractivity contribution in [3.8, 4) is 6.07 Å². The molecule has 0 aliphatic heterocycles. The van der Waals surface area contributed by atoms with Crippen molar-refractivity contribution >= 4 is 30.4 Å². The van der Waals surface area contributed by atoms with E-state index in [0.717, 1.165) is 5.56 Å². The molecule has 0 aromatic heterocycles. The minimum atomic E-state index is -0.472. The summed E-state index contributed by atoms with van der Waals surface area (Å²) < 4.78 is 0. The van der Waals surface area contributed by atoms with Crippen molar-refractivity contribution in [2.24, 2.45) is 0 Å². The van der Waals surface area contributed by atoms with Crippen LogP contribution in [0.4, 0.5) is 0 Å². The molecular weight excluding hydrogens is 426 g/mol. The van der Waals surface area contributed by atoms with E-state index in [4.69, 9.17) is 35.7 Å². The maximum atomic E-state index is 8.44. The molecule has 0 aliphatic rings. The van der Waals surface area contributed by atoms with Crippen LogP contribution in [0, 0.1) is 18.3 Å². The van der Waals surface area contributed by atoms with Gasteiger partial charge in [0, 0.05) is 5.02 Å². The number of hydrogen-bond acceptors (Lipinski definition) is 2. The van der Waals surface area contributed by atoms with Crippen LogP contribution in [0.1, 0.15) is 11.1 Å². The Morgan fingerprint density at radius 3 is 2.21 bits per heavy atom. The van der Waals surface area contributed by atoms with E-state index in [1.807, 2.05) is 19.1 Å². The van der Waals surface area contributed by atoms with Crippen LogP contribution in [0.3, 0.4) is 0 Å². The Labute approximate surface area is 105 Å². The summed E-state index contributed by atoms with van der Waals surface area (Å²) in [6.07, 6.45) is 0. The van der Waals surface area contributed by atoms with Gasteiger partial charge in [-0.3, -0.25) is 0 Å². The monoisotopic (exact) mass is 433 g/mol. The van der Waals surface area contributed by atoms with E-state index in [0.29, 0.717) is 10.6 Å². The van der Waals surface area contributed by atoms with Crippen molar-refractivity contribution in [2.45, 2.75) is 6.92 Å². The molecule has 0 atom stereocenters. The summed E-state index contributed by atoms with van der Waals surface area (Å²) in [5.41, 5.74) is 1.61. The zero-order chi connectivity index (χ0) is 10.3. The number of aryl methyl sites for hydroxylation is 1. The summed E-state index contributed by atoms with van der Waals surface area (Å²) >= 11 is 5.27. The van der Waals surface area contributed by atoms with Gasteiger partial charge in [0.1, 0.15) is 0 Å². The number of halogens is 3. The van der Waals surface area contributed by atoms with Crippen LogP contribution in [0.5, 0.6) is 0 Å². The van der Waals surface area contributed by atoms with Gasteiger partial charge in [-0.1, -0.05) is 17.7 Å². The second-order valence-electron chi connectivity index (χ2n) is 2.12. The predicted molar refractivity (Wildman–Crippen MR) is 57.6 cm³/mol. The first-order valence-electron chi connectivity index (χ1n) is 3.14. The third-order valence-electron chi connectivity index (χ3n) is 1.30. The van der Waals surface area contributed by atoms with Gasteiger partial charge in [0.05, 0.1) is 11.6 Å². The fraction of sp³-hybridized carbons (Fsp3) is 0.125. The first-order chi connectivity index (χ1) is 6.15. The van der Waals surface area contributed by atoms with Crippen molar-refractivity contribution in [1.29, 1.82) is 5.26 Å². The van der Waals surface area contributed by atoms with E-state index >= 15 is 0 Å². The summed E-state index contributed by atoms with van der Waals surface area (Å²) in [6.45, 7) is 1.91. The first-order valence-corrected chi connectivity index (χ1v) is 9.15. The number of hydrogen-bond donors (Lipinski definition) is 1. The van der Waals surface area contributed by atoms with Crippen LogP contribution >= 0.6 is 30.4 Å². The summed E-state index contributed by atoms with van der Waals surface area (Å²) in [7, 11) is 9.75. The molecular formula is C8H9Cl3N2Pt. The summed E-state index contributed by atoms with van der Waals surface area (Å²) in [5.74, 6) is 0. The Bertz CT molecular complexity index is 312. The van der Waals surface area contributed by atoms with Crippen molar-refractivity contribution in [1.82, 2.24) is 6.15 Å².